The Bertz CT molecular complexity index is 246. The van der Waals surface area contributed by atoms with Crippen molar-refractivity contribution < 1.29 is 4.79 Å². The van der Waals surface area contributed by atoms with Gasteiger partial charge < -0.3 is 4.90 Å². The van der Waals surface area contributed by atoms with Crippen molar-refractivity contribution in [1.82, 2.24) is 4.90 Å². The molecule has 2 aliphatic rings. The highest BCUT2D eigenvalue weighted by Gasteiger charge is 2.29. The summed E-state index contributed by atoms with van der Waals surface area (Å²) in [5, 5.41) is 0. The van der Waals surface area contributed by atoms with Crippen LogP contribution in [0, 0.1) is 5.92 Å². The van der Waals surface area contributed by atoms with Crippen molar-refractivity contribution in [2.24, 2.45) is 5.92 Å². The van der Waals surface area contributed by atoms with E-state index in [9.17, 15) is 4.79 Å². The molecule has 98 valence electrons. The van der Waals surface area contributed by atoms with E-state index in [2.05, 4.69) is 18.9 Å². The Morgan fingerprint density at radius 3 is 2.06 bits per heavy atom. The first-order valence-corrected chi connectivity index (χ1v) is 7.44. The summed E-state index contributed by atoms with van der Waals surface area (Å²) in [7, 11) is 2.29. The Hall–Kier alpha value is -0.370. The molecule has 0 aromatic heterocycles. The number of rotatable bonds is 3. The second-order valence-corrected chi connectivity index (χ2v) is 6.02. The summed E-state index contributed by atoms with van der Waals surface area (Å²) in [6.07, 6.45) is 10.8. The Balaban J connectivity index is 1.80. The van der Waals surface area contributed by atoms with Crippen LogP contribution in [0.4, 0.5) is 0 Å². The van der Waals surface area contributed by atoms with Crippen LogP contribution in [0.1, 0.15) is 64.7 Å². The van der Waals surface area contributed by atoms with Gasteiger partial charge in [-0.1, -0.05) is 13.3 Å². The van der Waals surface area contributed by atoms with Gasteiger partial charge in [-0.15, -0.1) is 0 Å². The third-order valence-electron chi connectivity index (χ3n) is 5.06. The van der Waals surface area contributed by atoms with Gasteiger partial charge in [0.15, 0.2) is 0 Å². The lowest BCUT2D eigenvalue weighted by molar-refractivity contribution is -0.121. The van der Waals surface area contributed by atoms with Gasteiger partial charge in [-0.3, -0.25) is 4.79 Å². The van der Waals surface area contributed by atoms with Gasteiger partial charge in [-0.05, 0) is 51.5 Å². The summed E-state index contributed by atoms with van der Waals surface area (Å²) < 4.78 is 0. The maximum Gasteiger partial charge on any atom is 0.133 e. The van der Waals surface area contributed by atoms with Crippen LogP contribution in [0.15, 0.2) is 0 Å². The predicted molar refractivity (Wildman–Crippen MR) is 71.1 cm³/mol. The van der Waals surface area contributed by atoms with Gasteiger partial charge in [-0.25, -0.2) is 0 Å². The van der Waals surface area contributed by atoms with E-state index in [1.807, 2.05) is 0 Å². The quantitative estimate of drug-likeness (QED) is 0.750. The van der Waals surface area contributed by atoms with Gasteiger partial charge in [0.25, 0.3) is 0 Å². The molecule has 0 radical (unpaired) electrons. The SMILES string of the molecule is CCC1CCC(N(C)C2CCC(=O)CC2)CC1. The van der Waals surface area contributed by atoms with Gasteiger partial charge >= 0.3 is 0 Å². The molecule has 2 heteroatoms. The Morgan fingerprint density at radius 1 is 1.00 bits per heavy atom. The second-order valence-electron chi connectivity index (χ2n) is 6.02. The maximum absolute atomic E-state index is 11.3. The normalized spacial score (nSPS) is 32.1. The highest BCUT2D eigenvalue weighted by Crippen LogP contribution is 2.31. The van der Waals surface area contributed by atoms with Crippen LogP contribution >= 0.6 is 0 Å². The lowest BCUT2D eigenvalue weighted by atomic mass is 9.82. The van der Waals surface area contributed by atoms with Gasteiger partial charge in [-0.2, -0.15) is 0 Å². The smallest absolute Gasteiger partial charge is 0.133 e. The second kappa shape index (κ2) is 5.99. The Labute approximate surface area is 106 Å². The number of hydrogen-bond acceptors (Lipinski definition) is 2. The van der Waals surface area contributed by atoms with Crippen LogP contribution in [0.25, 0.3) is 0 Å². The molecule has 0 bridgehead atoms. The molecule has 0 aromatic carbocycles. The van der Waals surface area contributed by atoms with Crippen molar-refractivity contribution in [1.29, 1.82) is 0 Å². The van der Waals surface area contributed by atoms with E-state index in [4.69, 9.17) is 0 Å². The topological polar surface area (TPSA) is 20.3 Å². The van der Waals surface area contributed by atoms with Crippen LogP contribution in [0.2, 0.25) is 0 Å². The molecule has 0 atom stereocenters. The zero-order valence-corrected chi connectivity index (χ0v) is 11.5. The largest absolute Gasteiger partial charge is 0.300 e. The van der Waals surface area contributed by atoms with Crippen molar-refractivity contribution in [3.8, 4) is 0 Å². The molecule has 2 aliphatic carbocycles. The van der Waals surface area contributed by atoms with Gasteiger partial charge in [0.2, 0.25) is 0 Å². The van der Waals surface area contributed by atoms with Crippen LogP contribution in [-0.2, 0) is 4.79 Å². The fourth-order valence-electron chi connectivity index (χ4n) is 3.59. The number of carbonyl (C=O) groups is 1. The Morgan fingerprint density at radius 2 is 1.53 bits per heavy atom. The number of carbonyl (C=O) groups excluding carboxylic acids is 1. The number of nitrogens with zero attached hydrogens (tertiary/aromatic N) is 1. The summed E-state index contributed by atoms with van der Waals surface area (Å²) >= 11 is 0. The van der Waals surface area contributed by atoms with E-state index >= 15 is 0 Å². The average molecular weight is 237 g/mol. The molecule has 0 unspecified atom stereocenters. The Kier molecular flexibility index (Phi) is 4.61. The standard InChI is InChI=1S/C15H27NO/c1-3-12-4-6-13(7-5-12)16(2)14-8-10-15(17)11-9-14/h12-14H,3-11H2,1-2H3. The van der Waals surface area contributed by atoms with Crippen LogP contribution in [-0.4, -0.2) is 29.8 Å². The molecule has 17 heavy (non-hydrogen) atoms. The third-order valence-corrected chi connectivity index (χ3v) is 5.06. The van der Waals surface area contributed by atoms with Crippen LogP contribution in [0.5, 0.6) is 0 Å². The monoisotopic (exact) mass is 237 g/mol. The highest BCUT2D eigenvalue weighted by atomic mass is 16.1. The molecule has 2 saturated carbocycles. The molecule has 0 N–H and O–H groups in total. The molecular formula is C15H27NO. The van der Waals surface area contributed by atoms with Crippen molar-refractivity contribution in [3.63, 3.8) is 0 Å². The first kappa shape index (κ1) is 13.1. The van der Waals surface area contributed by atoms with E-state index in [-0.39, 0.29) is 0 Å². The molecule has 2 fully saturated rings. The average Bonchev–Trinajstić information content (AvgIpc) is 2.39. The minimum atomic E-state index is 0.476. The maximum atomic E-state index is 11.3. The summed E-state index contributed by atoms with van der Waals surface area (Å²) in [4.78, 5) is 13.9. The van der Waals surface area contributed by atoms with Gasteiger partial charge in [0.1, 0.15) is 5.78 Å². The molecule has 2 nitrogen and oxygen atoms in total. The molecular weight excluding hydrogens is 210 g/mol. The molecule has 0 saturated heterocycles. The van der Waals surface area contributed by atoms with Crippen molar-refractivity contribution in [3.05, 3.63) is 0 Å². The van der Waals surface area contributed by atoms with E-state index in [1.165, 1.54) is 32.1 Å². The molecule has 0 aliphatic heterocycles. The number of Topliss-reactive ketones (excluding diaryl/α,β-unsaturated/α-hetero) is 1. The minimum absolute atomic E-state index is 0.476. The minimum Gasteiger partial charge on any atom is -0.300 e. The summed E-state index contributed by atoms with van der Waals surface area (Å²) in [5.41, 5.74) is 0. The van der Waals surface area contributed by atoms with Crippen molar-refractivity contribution in [2.45, 2.75) is 76.8 Å². The fraction of sp³-hybridized carbons (Fsp3) is 0.933. The number of hydrogen-bond donors (Lipinski definition) is 0. The molecule has 0 aromatic rings. The third kappa shape index (κ3) is 3.31. The number of ketones is 1. The lowest BCUT2D eigenvalue weighted by Gasteiger charge is -2.40. The zero-order valence-electron chi connectivity index (χ0n) is 11.5. The molecule has 0 amide bonds. The van der Waals surface area contributed by atoms with Gasteiger partial charge in [0, 0.05) is 24.9 Å². The summed E-state index contributed by atoms with van der Waals surface area (Å²) in [5.74, 6) is 1.46. The van der Waals surface area contributed by atoms with Crippen LogP contribution in [0.3, 0.4) is 0 Å². The summed E-state index contributed by atoms with van der Waals surface area (Å²) in [6.45, 7) is 2.32. The van der Waals surface area contributed by atoms with Crippen molar-refractivity contribution in [2.75, 3.05) is 7.05 Å². The molecule has 0 spiro atoms. The first-order valence-electron chi connectivity index (χ1n) is 7.44. The first-order chi connectivity index (χ1) is 8.20. The van der Waals surface area contributed by atoms with E-state index < -0.39 is 0 Å². The fourth-order valence-corrected chi connectivity index (χ4v) is 3.59. The zero-order chi connectivity index (χ0) is 12.3. The summed E-state index contributed by atoms with van der Waals surface area (Å²) in [6, 6.07) is 1.46. The van der Waals surface area contributed by atoms with E-state index in [0.717, 1.165) is 37.6 Å². The predicted octanol–water partition coefficient (Wildman–Crippen LogP) is 3.40. The molecule has 2 rings (SSSR count). The van der Waals surface area contributed by atoms with E-state index in [0.29, 0.717) is 11.8 Å². The van der Waals surface area contributed by atoms with Crippen molar-refractivity contribution >= 4 is 5.78 Å². The molecule has 0 heterocycles. The highest BCUT2D eigenvalue weighted by molar-refractivity contribution is 5.79. The van der Waals surface area contributed by atoms with E-state index in [1.54, 1.807) is 0 Å². The van der Waals surface area contributed by atoms with Gasteiger partial charge in [0.05, 0.1) is 0 Å². The van der Waals surface area contributed by atoms with Crippen LogP contribution < -0.4 is 0 Å². The lowest BCUT2D eigenvalue weighted by Crippen LogP contribution is -2.43.